The molecule has 0 saturated heterocycles. The Kier molecular flexibility index (Phi) is 4.87. The van der Waals surface area contributed by atoms with Gasteiger partial charge in [-0.25, -0.2) is 0 Å². The van der Waals surface area contributed by atoms with Gasteiger partial charge in [0.15, 0.2) is 0 Å². The highest BCUT2D eigenvalue weighted by atomic mass is 16.2. The Morgan fingerprint density at radius 1 is 1.20 bits per heavy atom. The van der Waals surface area contributed by atoms with Gasteiger partial charge in [-0.3, -0.25) is 9.78 Å². The van der Waals surface area contributed by atoms with Gasteiger partial charge in [0.05, 0.1) is 12.3 Å². The number of para-hydroxylation sites is 1. The molecule has 1 amide bonds. The number of nitrogens with one attached hydrogen (secondary N) is 1. The molecule has 1 aromatic carbocycles. The zero-order valence-electron chi connectivity index (χ0n) is 10.8. The van der Waals surface area contributed by atoms with Crippen molar-refractivity contribution in [1.82, 2.24) is 4.98 Å². The van der Waals surface area contributed by atoms with E-state index in [4.69, 9.17) is 5.11 Å². The Bertz CT molecular complexity index is 642. The first-order chi connectivity index (χ1) is 9.81. The van der Waals surface area contributed by atoms with Gasteiger partial charge in [0.1, 0.15) is 0 Å². The fourth-order valence-electron chi connectivity index (χ4n) is 1.61. The lowest BCUT2D eigenvalue weighted by molar-refractivity contribution is 0.102. The molecule has 1 heterocycles. The molecule has 0 saturated carbocycles. The molecule has 0 aliphatic heterocycles. The lowest BCUT2D eigenvalue weighted by Gasteiger charge is -2.07. The highest BCUT2D eigenvalue weighted by Gasteiger charge is 2.07. The summed E-state index contributed by atoms with van der Waals surface area (Å²) in [6.45, 7) is 0.0263. The van der Waals surface area contributed by atoms with Crippen LogP contribution in [-0.2, 0) is 0 Å². The van der Waals surface area contributed by atoms with Gasteiger partial charge in [-0.2, -0.15) is 0 Å². The lowest BCUT2D eigenvalue weighted by atomic mass is 10.1. The van der Waals surface area contributed by atoms with Crippen LogP contribution in [0.1, 0.15) is 22.3 Å². The Labute approximate surface area is 117 Å². The molecule has 0 atom stereocenters. The molecule has 0 aliphatic rings. The largest absolute Gasteiger partial charge is 0.395 e. The van der Waals surface area contributed by atoms with Crippen LogP contribution < -0.4 is 5.32 Å². The molecule has 2 aromatic rings. The summed E-state index contributed by atoms with van der Waals surface area (Å²) in [5.74, 6) is 5.57. The van der Waals surface area contributed by atoms with Crippen molar-refractivity contribution >= 4 is 11.6 Å². The average molecular weight is 266 g/mol. The topological polar surface area (TPSA) is 62.2 Å². The van der Waals surface area contributed by atoms with Crippen molar-refractivity contribution in [3.8, 4) is 11.8 Å². The molecule has 0 spiro atoms. The minimum Gasteiger partial charge on any atom is -0.395 e. The number of carbonyl (C=O) groups is 1. The third kappa shape index (κ3) is 3.67. The summed E-state index contributed by atoms with van der Waals surface area (Å²) in [6.07, 6.45) is 3.55. The third-order valence-corrected chi connectivity index (χ3v) is 2.58. The van der Waals surface area contributed by atoms with E-state index in [9.17, 15) is 4.79 Å². The van der Waals surface area contributed by atoms with Crippen LogP contribution in [0.3, 0.4) is 0 Å². The number of aromatic nitrogens is 1. The van der Waals surface area contributed by atoms with Gasteiger partial charge in [-0.1, -0.05) is 24.0 Å². The average Bonchev–Trinajstić information content (AvgIpc) is 2.50. The second kappa shape index (κ2) is 7.07. The summed E-state index contributed by atoms with van der Waals surface area (Å²) in [5.41, 5.74) is 1.92. The summed E-state index contributed by atoms with van der Waals surface area (Å²) in [6, 6.07) is 10.6. The highest BCUT2D eigenvalue weighted by molar-refractivity contribution is 6.04. The normalized spacial score (nSPS) is 9.45. The number of aliphatic hydroxyl groups excluding tert-OH is 1. The molecule has 0 unspecified atom stereocenters. The molecule has 20 heavy (non-hydrogen) atoms. The second-order valence-electron chi connectivity index (χ2n) is 4.01. The summed E-state index contributed by atoms with van der Waals surface area (Å²) in [7, 11) is 0. The number of nitrogens with zero attached hydrogens (tertiary/aromatic N) is 1. The molecule has 1 aromatic heterocycles. The van der Waals surface area contributed by atoms with Gasteiger partial charge in [-0.15, -0.1) is 0 Å². The van der Waals surface area contributed by atoms with E-state index < -0.39 is 0 Å². The zero-order valence-corrected chi connectivity index (χ0v) is 10.8. The van der Waals surface area contributed by atoms with Crippen LogP contribution in [0.25, 0.3) is 0 Å². The second-order valence-corrected chi connectivity index (χ2v) is 4.01. The van der Waals surface area contributed by atoms with Crippen LogP contribution in [-0.4, -0.2) is 22.6 Å². The fourth-order valence-corrected chi connectivity index (χ4v) is 1.61. The highest BCUT2D eigenvalue weighted by Crippen LogP contribution is 2.15. The molecular weight excluding hydrogens is 252 g/mol. The molecule has 0 fully saturated rings. The first-order valence-corrected chi connectivity index (χ1v) is 6.21. The standard InChI is InChI=1S/C16H14N2O2/c19-12-4-3-6-13-5-1-2-7-15(13)18-16(20)14-8-10-17-11-9-14/h1-2,5,7-11,19H,4,12H2,(H,18,20). The summed E-state index contributed by atoms with van der Waals surface area (Å²) in [5, 5.41) is 11.6. The molecule has 4 nitrogen and oxygen atoms in total. The van der Waals surface area contributed by atoms with E-state index in [0.29, 0.717) is 17.7 Å². The molecular formula is C16H14N2O2. The molecule has 0 radical (unpaired) electrons. The van der Waals surface area contributed by atoms with Gasteiger partial charge in [0.25, 0.3) is 5.91 Å². The molecule has 0 bridgehead atoms. The van der Waals surface area contributed by atoms with Crippen molar-refractivity contribution in [2.24, 2.45) is 0 Å². The Hall–Kier alpha value is -2.64. The molecule has 2 N–H and O–H groups in total. The third-order valence-electron chi connectivity index (χ3n) is 2.58. The Morgan fingerprint density at radius 3 is 2.70 bits per heavy atom. The van der Waals surface area contributed by atoms with E-state index in [0.717, 1.165) is 5.56 Å². The van der Waals surface area contributed by atoms with Crippen molar-refractivity contribution in [3.05, 3.63) is 59.9 Å². The van der Waals surface area contributed by atoms with Crippen LogP contribution in [0.4, 0.5) is 5.69 Å². The predicted molar refractivity (Wildman–Crippen MR) is 77.2 cm³/mol. The van der Waals surface area contributed by atoms with Crippen molar-refractivity contribution in [3.63, 3.8) is 0 Å². The monoisotopic (exact) mass is 266 g/mol. The van der Waals surface area contributed by atoms with Gasteiger partial charge in [-0.05, 0) is 24.3 Å². The van der Waals surface area contributed by atoms with Crippen molar-refractivity contribution in [1.29, 1.82) is 0 Å². The summed E-state index contributed by atoms with van der Waals surface area (Å²) in [4.78, 5) is 15.9. The Morgan fingerprint density at radius 2 is 1.95 bits per heavy atom. The number of anilines is 1. The zero-order chi connectivity index (χ0) is 14.2. The molecule has 2 rings (SSSR count). The number of carbonyl (C=O) groups excluding carboxylic acids is 1. The van der Waals surface area contributed by atoms with E-state index in [-0.39, 0.29) is 12.5 Å². The molecule has 0 aliphatic carbocycles. The number of hydrogen-bond donors (Lipinski definition) is 2. The lowest BCUT2D eigenvalue weighted by Crippen LogP contribution is -2.12. The maximum atomic E-state index is 12.1. The van der Waals surface area contributed by atoms with E-state index in [1.807, 2.05) is 18.2 Å². The van der Waals surface area contributed by atoms with Gasteiger partial charge in [0, 0.05) is 29.9 Å². The van der Waals surface area contributed by atoms with Crippen LogP contribution in [0.15, 0.2) is 48.8 Å². The van der Waals surface area contributed by atoms with E-state index >= 15 is 0 Å². The maximum absolute atomic E-state index is 12.1. The summed E-state index contributed by atoms with van der Waals surface area (Å²) >= 11 is 0. The van der Waals surface area contributed by atoms with Crippen LogP contribution >= 0.6 is 0 Å². The van der Waals surface area contributed by atoms with Gasteiger partial charge < -0.3 is 10.4 Å². The quantitative estimate of drug-likeness (QED) is 0.836. The fraction of sp³-hybridized carbons (Fsp3) is 0.125. The maximum Gasteiger partial charge on any atom is 0.255 e. The van der Waals surface area contributed by atoms with Crippen molar-refractivity contribution < 1.29 is 9.90 Å². The SMILES string of the molecule is O=C(Nc1ccccc1C#CCCO)c1ccncc1. The van der Waals surface area contributed by atoms with Crippen LogP contribution in [0.2, 0.25) is 0 Å². The smallest absolute Gasteiger partial charge is 0.255 e. The van der Waals surface area contributed by atoms with Crippen LogP contribution in [0, 0.1) is 11.8 Å². The first-order valence-electron chi connectivity index (χ1n) is 6.21. The number of hydrogen-bond acceptors (Lipinski definition) is 3. The number of amides is 1. The van der Waals surface area contributed by atoms with E-state index in [1.165, 1.54) is 0 Å². The minimum atomic E-state index is -0.205. The van der Waals surface area contributed by atoms with Crippen molar-refractivity contribution in [2.75, 3.05) is 11.9 Å². The molecule has 4 heteroatoms. The minimum absolute atomic E-state index is 0.0263. The van der Waals surface area contributed by atoms with E-state index in [1.54, 1.807) is 30.6 Å². The predicted octanol–water partition coefficient (Wildman–Crippen LogP) is 2.07. The van der Waals surface area contributed by atoms with Crippen molar-refractivity contribution in [2.45, 2.75) is 6.42 Å². The number of pyridine rings is 1. The summed E-state index contributed by atoms with van der Waals surface area (Å²) < 4.78 is 0. The number of benzene rings is 1. The van der Waals surface area contributed by atoms with Gasteiger partial charge in [0.2, 0.25) is 0 Å². The first kappa shape index (κ1) is 13.8. The molecule has 100 valence electrons. The van der Waals surface area contributed by atoms with E-state index in [2.05, 4.69) is 22.1 Å². The number of aliphatic hydroxyl groups is 1. The van der Waals surface area contributed by atoms with Gasteiger partial charge >= 0.3 is 0 Å². The number of rotatable bonds is 3. The Balaban J connectivity index is 2.18. The van der Waals surface area contributed by atoms with Crippen LogP contribution in [0.5, 0.6) is 0 Å².